The van der Waals surface area contributed by atoms with Crippen LogP contribution in [0.3, 0.4) is 0 Å². The lowest BCUT2D eigenvalue weighted by molar-refractivity contribution is -0.122. The van der Waals surface area contributed by atoms with Gasteiger partial charge in [-0.15, -0.1) is 5.10 Å². The number of carbonyl (C=O) groups is 1. The number of aromatic nitrogens is 3. The third-order valence-corrected chi connectivity index (χ3v) is 4.21. The van der Waals surface area contributed by atoms with E-state index in [0.717, 1.165) is 17.1 Å². The maximum atomic E-state index is 12.8. The van der Waals surface area contributed by atoms with Gasteiger partial charge in [-0.3, -0.25) is 14.7 Å². The number of ether oxygens (including phenoxy) is 1. The van der Waals surface area contributed by atoms with Crippen molar-refractivity contribution in [1.29, 1.82) is 0 Å². The van der Waals surface area contributed by atoms with Crippen molar-refractivity contribution in [2.75, 3.05) is 38.3 Å². The second-order valence-corrected chi connectivity index (χ2v) is 5.79. The van der Waals surface area contributed by atoms with Crippen LogP contribution >= 0.6 is 0 Å². The van der Waals surface area contributed by atoms with Gasteiger partial charge in [0.2, 0.25) is 11.9 Å². The van der Waals surface area contributed by atoms with Crippen LogP contribution in [0.4, 0.5) is 5.95 Å². The molecular formula is C16H18N6O3. The van der Waals surface area contributed by atoms with E-state index in [1.165, 1.54) is 4.68 Å². The molecule has 0 saturated carbocycles. The first kappa shape index (κ1) is 15.6. The maximum Gasteiger partial charge on any atom is 0.352 e. The van der Waals surface area contributed by atoms with Crippen molar-refractivity contribution >= 4 is 17.7 Å². The Bertz CT molecular complexity index is 913. The minimum atomic E-state index is -0.338. The monoisotopic (exact) mass is 342 g/mol. The fourth-order valence-corrected chi connectivity index (χ4v) is 3.10. The zero-order valence-electron chi connectivity index (χ0n) is 13.8. The van der Waals surface area contributed by atoms with Crippen LogP contribution in [-0.2, 0) is 16.1 Å². The van der Waals surface area contributed by atoms with E-state index in [2.05, 4.69) is 15.4 Å². The average Bonchev–Trinajstić information content (AvgIpc) is 3.21. The van der Waals surface area contributed by atoms with Gasteiger partial charge >= 0.3 is 5.69 Å². The van der Waals surface area contributed by atoms with Crippen LogP contribution in [0.15, 0.2) is 34.1 Å². The average molecular weight is 342 g/mol. The first-order valence-electron chi connectivity index (χ1n) is 8.08. The Labute approximate surface area is 143 Å². The van der Waals surface area contributed by atoms with Crippen LogP contribution in [0.1, 0.15) is 5.56 Å². The lowest BCUT2D eigenvalue weighted by Crippen LogP contribution is -2.38. The van der Waals surface area contributed by atoms with Gasteiger partial charge < -0.3 is 10.1 Å². The number of nitrogens with zero attached hydrogens (tertiary/aromatic N) is 5. The van der Waals surface area contributed by atoms with Gasteiger partial charge in [0.15, 0.2) is 0 Å². The Kier molecular flexibility index (Phi) is 3.85. The fraction of sp³-hybridized carbons (Fsp3) is 0.375. The van der Waals surface area contributed by atoms with E-state index >= 15 is 0 Å². The van der Waals surface area contributed by atoms with E-state index in [4.69, 9.17) is 4.74 Å². The summed E-state index contributed by atoms with van der Waals surface area (Å²) in [7, 11) is 1.56. The number of hydrogen-bond acceptors (Lipinski definition) is 6. The van der Waals surface area contributed by atoms with Crippen molar-refractivity contribution in [3.05, 3.63) is 40.3 Å². The summed E-state index contributed by atoms with van der Waals surface area (Å²) in [5.74, 6) is 1.05. The van der Waals surface area contributed by atoms with Crippen LogP contribution in [0.5, 0.6) is 0 Å². The van der Waals surface area contributed by atoms with Crippen molar-refractivity contribution in [3.63, 3.8) is 0 Å². The van der Waals surface area contributed by atoms with Crippen LogP contribution in [0, 0.1) is 0 Å². The molecule has 1 amide bonds. The molecule has 130 valence electrons. The molecule has 0 aliphatic carbocycles. The van der Waals surface area contributed by atoms with E-state index in [1.54, 1.807) is 11.7 Å². The Morgan fingerprint density at radius 1 is 1.36 bits per heavy atom. The number of fused-ring (bicyclic) bond motifs is 6. The lowest BCUT2D eigenvalue weighted by atomic mass is 10.1. The van der Waals surface area contributed by atoms with Gasteiger partial charge in [0, 0.05) is 25.8 Å². The molecule has 0 unspecified atom stereocenters. The van der Waals surface area contributed by atoms with E-state index < -0.39 is 0 Å². The highest BCUT2D eigenvalue weighted by atomic mass is 16.5. The lowest BCUT2D eigenvalue weighted by Gasteiger charge is -2.26. The maximum absolute atomic E-state index is 12.8. The molecule has 0 radical (unpaired) electrons. The molecule has 0 spiro atoms. The summed E-state index contributed by atoms with van der Waals surface area (Å²) < 4.78 is 7.63. The second kappa shape index (κ2) is 6.17. The first-order chi connectivity index (χ1) is 12.2. The van der Waals surface area contributed by atoms with Crippen molar-refractivity contribution in [2.45, 2.75) is 6.54 Å². The van der Waals surface area contributed by atoms with Gasteiger partial charge in [0.05, 0.1) is 18.8 Å². The van der Waals surface area contributed by atoms with Crippen LogP contribution in [0.2, 0.25) is 0 Å². The predicted molar refractivity (Wildman–Crippen MR) is 91.5 cm³/mol. The van der Waals surface area contributed by atoms with Crippen molar-refractivity contribution < 1.29 is 9.53 Å². The molecule has 0 fully saturated rings. The van der Waals surface area contributed by atoms with E-state index in [-0.39, 0.29) is 18.1 Å². The number of anilines is 1. The summed E-state index contributed by atoms with van der Waals surface area (Å²) in [4.78, 5) is 31.3. The molecule has 0 bridgehead atoms. The number of rotatable bonds is 5. The molecule has 1 aromatic carbocycles. The number of amidine groups is 1. The fourth-order valence-electron chi connectivity index (χ4n) is 3.10. The molecule has 1 aromatic heterocycles. The van der Waals surface area contributed by atoms with E-state index in [1.807, 2.05) is 29.2 Å². The standard InChI is InChI=1S/C16H18N6O3/c1-25-9-7-17-13(23)10-21-16(24)22-12-5-3-2-4-11(12)14-18-6-8-20(14)15(22)19-21/h2-5H,6-10H2,1H3,(H,17,23). The van der Waals surface area contributed by atoms with Crippen molar-refractivity contribution in [2.24, 2.45) is 4.99 Å². The normalized spacial score (nSPS) is 14.6. The molecule has 1 N–H and O–H groups in total. The summed E-state index contributed by atoms with van der Waals surface area (Å²) in [6.45, 7) is 2.00. The summed E-state index contributed by atoms with van der Waals surface area (Å²) in [5, 5.41) is 7.08. The van der Waals surface area contributed by atoms with Crippen LogP contribution < -0.4 is 15.9 Å². The van der Waals surface area contributed by atoms with Gasteiger partial charge in [-0.05, 0) is 12.1 Å². The van der Waals surface area contributed by atoms with Gasteiger partial charge in [0.25, 0.3) is 0 Å². The summed E-state index contributed by atoms with van der Waals surface area (Å²) in [6, 6.07) is 7.59. The zero-order chi connectivity index (χ0) is 17.4. The molecule has 3 heterocycles. The highest BCUT2D eigenvalue weighted by Crippen LogP contribution is 2.29. The second-order valence-electron chi connectivity index (χ2n) is 5.79. The molecule has 0 saturated heterocycles. The number of para-hydroxylation sites is 1. The van der Waals surface area contributed by atoms with Crippen molar-refractivity contribution in [3.8, 4) is 5.69 Å². The topological polar surface area (TPSA) is 93.8 Å². The van der Waals surface area contributed by atoms with Crippen LogP contribution in [-0.4, -0.2) is 59.4 Å². The number of benzene rings is 1. The van der Waals surface area contributed by atoms with Crippen molar-refractivity contribution in [1.82, 2.24) is 19.7 Å². The number of amides is 1. The number of nitrogens with one attached hydrogen (secondary N) is 1. The smallest absolute Gasteiger partial charge is 0.352 e. The van der Waals surface area contributed by atoms with Gasteiger partial charge in [-0.2, -0.15) is 0 Å². The highest BCUT2D eigenvalue weighted by Gasteiger charge is 2.34. The Hall–Kier alpha value is -2.94. The Morgan fingerprint density at radius 2 is 2.20 bits per heavy atom. The number of aliphatic imine (C=N–C) groups is 1. The third kappa shape index (κ3) is 2.52. The largest absolute Gasteiger partial charge is 0.383 e. The third-order valence-electron chi connectivity index (χ3n) is 4.21. The van der Waals surface area contributed by atoms with Gasteiger partial charge in [0.1, 0.15) is 12.4 Å². The van der Waals surface area contributed by atoms with Crippen LogP contribution in [0.25, 0.3) is 5.69 Å². The summed E-state index contributed by atoms with van der Waals surface area (Å²) in [5.41, 5.74) is 1.31. The molecule has 25 heavy (non-hydrogen) atoms. The quantitative estimate of drug-likeness (QED) is 0.731. The van der Waals surface area contributed by atoms with Gasteiger partial charge in [-0.1, -0.05) is 12.1 Å². The highest BCUT2D eigenvalue weighted by molar-refractivity contribution is 6.14. The number of hydrogen-bond donors (Lipinski definition) is 1. The number of carbonyl (C=O) groups excluding carboxylic acids is 1. The zero-order valence-corrected chi connectivity index (χ0v) is 13.8. The Balaban J connectivity index is 1.71. The predicted octanol–water partition coefficient (Wildman–Crippen LogP) is -0.623. The van der Waals surface area contributed by atoms with E-state index in [9.17, 15) is 9.59 Å². The van der Waals surface area contributed by atoms with E-state index in [0.29, 0.717) is 32.2 Å². The Morgan fingerprint density at radius 3 is 3.04 bits per heavy atom. The molecular weight excluding hydrogens is 324 g/mol. The molecule has 2 aliphatic rings. The summed E-state index contributed by atoms with van der Waals surface area (Å²) in [6.07, 6.45) is 0. The molecule has 2 aliphatic heterocycles. The SMILES string of the molecule is COCCNC(=O)Cn1nc2n(c1=O)-c1ccccc1C1=NCCN12. The molecule has 2 aromatic rings. The minimum absolute atomic E-state index is 0.134. The molecule has 0 atom stereocenters. The molecule has 9 heteroatoms. The molecule has 4 rings (SSSR count). The minimum Gasteiger partial charge on any atom is -0.383 e. The number of methoxy groups -OCH3 is 1. The van der Waals surface area contributed by atoms with Gasteiger partial charge in [-0.25, -0.2) is 14.0 Å². The molecule has 9 nitrogen and oxygen atoms in total. The summed E-state index contributed by atoms with van der Waals surface area (Å²) >= 11 is 0. The first-order valence-corrected chi connectivity index (χ1v) is 8.08.